The lowest BCUT2D eigenvalue weighted by Gasteiger charge is -2.36. The van der Waals surface area contributed by atoms with Crippen LogP contribution >= 0.6 is 0 Å². The van der Waals surface area contributed by atoms with Gasteiger partial charge in [-0.1, -0.05) is 31.5 Å². The van der Waals surface area contributed by atoms with E-state index in [9.17, 15) is 21.6 Å². The Hall–Kier alpha value is -1.49. The Balaban J connectivity index is 1.60. The van der Waals surface area contributed by atoms with Gasteiger partial charge >= 0.3 is 0 Å². The van der Waals surface area contributed by atoms with Gasteiger partial charge in [0.25, 0.3) is 0 Å². The predicted octanol–water partition coefficient (Wildman–Crippen LogP) is 0.973. The van der Waals surface area contributed by atoms with Crippen LogP contribution in [0, 0.1) is 12.8 Å². The molecule has 1 amide bonds. The topological polar surface area (TPSA) is 95.1 Å². The van der Waals surface area contributed by atoms with Crippen molar-refractivity contribution in [1.29, 1.82) is 0 Å². The van der Waals surface area contributed by atoms with E-state index in [2.05, 4.69) is 0 Å². The van der Waals surface area contributed by atoms with E-state index in [4.69, 9.17) is 0 Å². The Morgan fingerprint density at radius 3 is 2.26 bits per heavy atom. The third-order valence-corrected chi connectivity index (χ3v) is 9.54. The van der Waals surface area contributed by atoms with E-state index >= 15 is 0 Å². The minimum Gasteiger partial charge on any atom is -0.337 e. The van der Waals surface area contributed by atoms with E-state index in [1.165, 1.54) is 4.31 Å². The molecule has 0 bridgehead atoms. The minimum absolute atomic E-state index is 0.0357. The van der Waals surface area contributed by atoms with Crippen LogP contribution in [0.4, 0.5) is 0 Å². The van der Waals surface area contributed by atoms with Crippen LogP contribution in [0.15, 0.2) is 29.2 Å². The highest BCUT2D eigenvalue weighted by molar-refractivity contribution is 7.91. The second-order valence-electron chi connectivity index (χ2n) is 8.99. The quantitative estimate of drug-likeness (QED) is 0.588. The number of hydrogen-bond donors (Lipinski definition) is 0. The summed E-state index contributed by atoms with van der Waals surface area (Å²) in [6, 6.07) is 6.56. The molecule has 2 heterocycles. The van der Waals surface area contributed by atoms with Gasteiger partial charge in [-0.2, -0.15) is 4.31 Å². The lowest BCUT2D eigenvalue weighted by atomic mass is 10.1. The van der Waals surface area contributed by atoms with Gasteiger partial charge in [-0.15, -0.1) is 0 Å². The van der Waals surface area contributed by atoms with Crippen molar-refractivity contribution in [3.63, 3.8) is 0 Å². The van der Waals surface area contributed by atoms with Gasteiger partial charge in [0.1, 0.15) is 0 Å². The molecule has 2 aliphatic heterocycles. The summed E-state index contributed by atoms with van der Waals surface area (Å²) in [5, 5.41) is 0. The van der Waals surface area contributed by atoms with E-state index in [0.717, 1.165) is 5.56 Å². The second kappa shape index (κ2) is 9.56. The first-order chi connectivity index (χ1) is 14.5. The average molecular weight is 472 g/mol. The molecule has 3 rings (SSSR count). The number of benzene rings is 1. The molecule has 2 aliphatic rings. The standard InChI is InChI=1S/C21H33N3O5S2/c1-17(2)14-24(19-8-13-30(26,27)16-19)21(25)15-22-9-11-23(12-10-22)31(28,29)20-6-4-18(3)5-7-20/h4-7,17,19H,8-16H2,1-3H3/t19-/m0/s1. The number of hydrogen-bond acceptors (Lipinski definition) is 6. The molecule has 8 nitrogen and oxygen atoms in total. The van der Waals surface area contributed by atoms with Crippen molar-refractivity contribution in [3.8, 4) is 0 Å². The molecule has 0 N–H and O–H groups in total. The number of carbonyl (C=O) groups excluding carboxylic acids is 1. The third-order valence-electron chi connectivity index (χ3n) is 5.88. The summed E-state index contributed by atoms with van der Waals surface area (Å²) in [6.07, 6.45) is 0.489. The molecule has 1 aromatic rings. The highest BCUT2D eigenvalue weighted by Crippen LogP contribution is 2.21. The van der Waals surface area contributed by atoms with Crippen molar-refractivity contribution in [2.24, 2.45) is 5.92 Å². The van der Waals surface area contributed by atoms with Crippen molar-refractivity contribution < 1.29 is 21.6 Å². The fourth-order valence-electron chi connectivity index (χ4n) is 4.14. The molecule has 0 spiro atoms. The van der Waals surface area contributed by atoms with E-state index in [1.54, 1.807) is 29.2 Å². The number of carbonyl (C=O) groups is 1. The molecule has 0 radical (unpaired) electrons. The highest BCUT2D eigenvalue weighted by Gasteiger charge is 2.36. The minimum atomic E-state index is -3.54. The Morgan fingerprint density at radius 1 is 1.13 bits per heavy atom. The first-order valence-corrected chi connectivity index (χ1v) is 14.0. The smallest absolute Gasteiger partial charge is 0.243 e. The van der Waals surface area contributed by atoms with E-state index in [1.807, 2.05) is 25.7 Å². The summed E-state index contributed by atoms with van der Waals surface area (Å²) in [4.78, 5) is 17.0. The van der Waals surface area contributed by atoms with Crippen LogP contribution in [-0.4, -0.2) is 93.7 Å². The molecule has 0 aliphatic carbocycles. The van der Waals surface area contributed by atoms with Gasteiger partial charge in [0.05, 0.1) is 22.9 Å². The molecule has 0 saturated carbocycles. The van der Waals surface area contributed by atoms with E-state index < -0.39 is 19.9 Å². The van der Waals surface area contributed by atoms with E-state index in [0.29, 0.717) is 39.1 Å². The van der Waals surface area contributed by atoms with Crippen LogP contribution in [0.5, 0.6) is 0 Å². The molecule has 0 aromatic heterocycles. The number of rotatable bonds is 7. The van der Waals surface area contributed by atoms with Gasteiger partial charge in [0, 0.05) is 38.8 Å². The summed E-state index contributed by atoms with van der Waals surface area (Å²) in [7, 11) is -6.62. The number of amides is 1. The summed E-state index contributed by atoms with van der Waals surface area (Å²) in [5.41, 5.74) is 1.00. The SMILES string of the molecule is Cc1ccc(S(=O)(=O)N2CCN(CC(=O)N(CC(C)C)[C@H]3CCS(=O)(=O)C3)CC2)cc1. The van der Waals surface area contributed by atoms with E-state index in [-0.39, 0.29) is 40.8 Å². The zero-order valence-electron chi connectivity index (χ0n) is 18.5. The first-order valence-electron chi connectivity index (χ1n) is 10.8. The number of sulfone groups is 1. The Labute approximate surface area is 186 Å². The van der Waals surface area contributed by atoms with Crippen molar-refractivity contribution in [3.05, 3.63) is 29.8 Å². The Bertz CT molecular complexity index is 982. The van der Waals surface area contributed by atoms with Gasteiger partial charge in [0.2, 0.25) is 15.9 Å². The molecule has 10 heteroatoms. The molecular weight excluding hydrogens is 438 g/mol. The number of aryl methyl sites for hydroxylation is 1. The zero-order valence-corrected chi connectivity index (χ0v) is 20.2. The molecule has 31 heavy (non-hydrogen) atoms. The molecule has 2 saturated heterocycles. The van der Waals surface area contributed by atoms with Crippen LogP contribution in [0.3, 0.4) is 0 Å². The molecule has 0 unspecified atom stereocenters. The summed E-state index contributed by atoms with van der Waals surface area (Å²) < 4.78 is 51.0. The van der Waals surface area contributed by atoms with Crippen LogP contribution in [0.25, 0.3) is 0 Å². The monoisotopic (exact) mass is 471 g/mol. The van der Waals surface area contributed by atoms with Crippen LogP contribution in [0.2, 0.25) is 0 Å². The largest absolute Gasteiger partial charge is 0.337 e. The van der Waals surface area contributed by atoms with Gasteiger partial charge in [-0.25, -0.2) is 16.8 Å². The molecule has 174 valence electrons. The normalized spacial score (nSPS) is 22.6. The van der Waals surface area contributed by atoms with Gasteiger partial charge < -0.3 is 4.90 Å². The molecule has 2 fully saturated rings. The fraction of sp³-hybridized carbons (Fsp3) is 0.667. The van der Waals surface area contributed by atoms with Gasteiger partial charge in [-0.05, 0) is 31.4 Å². The fourth-order valence-corrected chi connectivity index (χ4v) is 7.29. The van der Waals surface area contributed by atoms with Crippen LogP contribution in [-0.2, 0) is 24.7 Å². The van der Waals surface area contributed by atoms with Crippen molar-refractivity contribution in [1.82, 2.24) is 14.1 Å². The maximum absolute atomic E-state index is 13.0. The van der Waals surface area contributed by atoms with Crippen molar-refractivity contribution >= 4 is 25.8 Å². The van der Waals surface area contributed by atoms with Crippen LogP contribution < -0.4 is 0 Å². The first kappa shape index (κ1) is 24.2. The summed E-state index contributed by atoms with van der Waals surface area (Å²) in [6.45, 7) is 8.23. The Kier molecular flexibility index (Phi) is 7.45. The van der Waals surface area contributed by atoms with Gasteiger partial charge in [-0.3, -0.25) is 9.69 Å². The number of sulfonamides is 1. The zero-order chi connectivity index (χ0) is 22.8. The Morgan fingerprint density at radius 2 is 1.74 bits per heavy atom. The average Bonchev–Trinajstić information content (AvgIpc) is 3.06. The predicted molar refractivity (Wildman–Crippen MR) is 120 cm³/mol. The summed E-state index contributed by atoms with van der Waals surface area (Å²) in [5.74, 6) is 0.331. The number of piperazine rings is 1. The maximum atomic E-state index is 13.0. The van der Waals surface area contributed by atoms with Crippen molar-refractivity contribution in [2.45, 2.75) is 38.1 Å². The molecular formula is C21H33N3O5S2. The molecule has 1 atom stereocenters. The van der Waals surface area contributed by atoms with Gasteiger partial charge in [0.15, 0.2) is 9.84 Å². The third kappa shape index (κ3) is 6.06. The highest BCUT2D eigenvalue weighted by atomic mass is 32.2. The molecule has 1 aromatic carbocycles. The second-order valence-corrected chi connectivity index (χ2v) is 13.2. The maximum Gasteiger partial charge on any atom is 0.243 e. The number of nitrogens with zero attached hydrogens (tertiary/aromatic N) is 3. The lowest BCUT2D eigenvalue weighted by molar-refractivity contribution is -0.135. The summed E-state index contributed by atoms with van der Waals surface area (Å²) >= 11 is 0. The lowest BCUT2D eigenvalue weighted by Crippen LogP contribution is -2.53. The van der Waals surface area contributed by atoms with Crippen molar-refractivity contribution in [2.75, 3.05) is 50.8 Å². The van der Waals surface area contributed by atoms with Crippen LogP contribution in [0.1, 0.15) is 25.8 Å².